The van der Waals surface area contributed by atoms with Crippen LogP contribution in [0.1, 0.15) is 27.2 Å². The molecule has 3 N–H and O–H groups in total. The van der Waals surface area contributed by atoms with E-state index in [0.717, 1.165) is 29.7 Å². The lowest BCUT2D eigenvalue weighted by molar-refractivity contribution is -0.125. The Kier molecular flexibility index (Phi) is 3.65. The third-order valence-corrected chi connectivity index (χ3v) is 5.41. The largest absolute Gasteiger partial charge is 0.485 e. The molecule has 7 heteroatoms. The van der Waals surface area contributed by atoms with Gasteiger partial charge in [0.1, 0.15) is 11.6 Å². The van der Waals surface area contributed by atoms with Crippen molar-refractivity contribution in [3.63, 3.8) is 0 Å². The molecule has 6 nitrogen and oxygen atoms in total. The minimum Gasteiger partial charge on any atom is -0.485 e. The molecule has 0 saturated heterocycles. The van der Waals surface area contributed by atoms with E-state index in [9.17, 15) is 9.59 Å². The first kappa shape index (κ1) is 15.0. The van der Waals surface area contributed by atoms with E-state index in [1.807, 2.05) is 12.1 Å². The molecular formula is C17H16N2O4S. The van der Waals surface area contributed by atoms with Gasteiger partial charge in [-0.2, -0.15) is 0 Å². The third-order valence-electron chi connectivity index (χ3n) is 4.21. The number of thiophene rings is 1. The van der Waals surface area contributed by atoms with E-state index in [4.69, 9.17) is 15.2 Å². The molecule has 0 bridgehead atoms. The van der Waals surface area contributed by atoms with Crippen molar-refractivity contribution in [3.8, 4) is 11.5 Å². The van der Waals surface area contributed by atoms with E-state index in [1.54, 1.807) is 12.1 Å². The zero-order valence-corrected chi connectivity index (χ0v) is 13.7. The van der Waals surface area contributed by atoms with E-state index in [-0.39, 0.29) is 12.5 Å². The van der Waals surface area contributed by atoms with Crippen LogP contribution in [-0.4, -0.2) is 24.5 Å². The van der Waals surface area contributed by atoms with Gasteiger partial charge >= 0.3 is 0 Å². The van der Waals surface area contributed by atoms with Gasteiger partial charge in [-0.1, -0.05) is 12.1 Å². The predicted octanol–water partition coefficient (Wildman–Crippen LogP) is 2.11. The smallest absolute Gasteiger partial charge is 0.269 e. The van der Waals surface area contributed by atoms with Crippen LogP contribution in [0, 0.1) is 0 Å². The maximum Gasteiger partial charge on any atom is 0.269 e. The topological polar surface area (TPSA) is 90.7 Å². The number of ether oxygens (including phenoxy) is 2. The van der Waals surface area contributed by atoms with E-state index < -0.39 is 12.0 Å². The highest BCUT2D eigenvalue weighted by Gasteiger charge is 2.31. The number of hydrogen-bond donors (Lipinski definition) is 2. The van der Waals surface area contributed by atoms with Gasteiger partial charge in [0.2, 0.25) is 6.10 Å². The van der Waals surface area contributed by atoms with Crippen molar-refractivity contribution < 1.29 is 19.1 Å². The SMILES string of the molecule is NC(=O)c1c(NC(=O)C2COc3ccccc3O2)sc2c1CCC2. The maximum atomic E-state index is 12.5. The minimum absolute atomic E-state index is 0.125. The first-order chi connectivity index (χ1) is 11.6. The average molecular weight is 344 g/mol. The first-order valence-electron chi connectivity index (χ1n) is 7.77. The number of fused-ring (bicyclic) bond motifs is 2. The van der Waals surface area contributed by atoms with Gasteiger partial charge < -0.3 is 20.5 Å². The van der Waals surface area contributed by atoms with Crippen molar-refractivity contribution in [2.24, 2.45) is 5.73 Å². The van der Waals surface area contributed by atoms with Gasteiger partial charge in [0, 0.05) is 4.88 Å². The zero-order valence-electron chi connectivity index (χ0n) is 12.8. The fourth-order valence-electron chi connectivity index (χ4n) is 3.09. The second-order valence-corrected chi connectivity index (χ2v) is 6.88. The second kappa shape index (κ2) is 5.83. The van der Waals surface area contributed by atoms with Gasteiger partial charge in [0.05, 0.1) is 5.56 Å². The summed E-state index contributed by atoms with van der Waals surface area (Å²) in [7, 11) is 0. The number of hydrogen-bond acceptors (Lipinski definition) is 5. The Hall–Kier alpha value is -2.54. The van der Waals surface area contributed by atoms with E-state index in [2.05, 4.69) is 5.32 Å². The second-order valence-electron chi connectivity index (χ2n) is 5.78. The van der Waals surface area contributed by atoms with Gasteiger partial charge in [0.15, 0.2) is 11.5 Å². The molecule has 0 radical (unpaired) electrons. The fourth-order valence-corrected chi connectivity index (χ4v) is 4.39. The predicted molar refractivity (Wildman–Crippen MR) is 89.8 cm³/mol. The molecule has 1 atom stereocenters. The van der Waals surface area contributed by atoms with Crippen molar-refractivity contribution in [2.45, 2.75) is 25.4 Å². The summed E-state index contributed by atoms with van der Waals surface area (Å²) in [6.07, 6.45) is 2.01. The molecule has 1 aliphatic carbocycles. The molecule has 1 aliphatic heterocycles. The van der Waals surface area contributed by atoms with Gasteiger partial charge in [-0.15, -0.1) is 11.3 Å². The van der Waals surface area contributed by atoms with Gasteiger partial charge in [-0.3, -0.25) is 9.59 Å². The number of benzene rings is 1. The lowest BCUT2D eigenvalue weighted by Gasteiger charge is -2.25. The van der Waals surface area contributed by atoms with Crippen LogP contribution in [0.15, 0.2) is 24.3 Å². The monoisotopic (exact) mass is 344 g/mol. The Balaban J connectivity index is 1.54. The van der Waals surface area contributed by atoms with Crippen LogP contribution < -0.4 is 20.5 Å². The molecule has 2 heterocycles. The molecule has 4 rings (SSSR count). The van der Waals surface area contributed by atoms with Crippen molar-refractivity contribution >= 4 is 28.2 Å². The summed E-state index contributed by atoms with van der Waals surface area (Å²) < 4.78 is 11.3. The number of para-hydroxylation sites is 2. The number of nitrogens with two attached hydrogens (primary N) is 1. The third kappa shape index (κ3) is 2.50. The Morgan fingerprint density at radius 3 is 2.79 bits per heavy atom. The van der Waals surface area contributed by atoms with Crippen LogP contribution in [0.3, 0.4) is 0 Å². The first-order valence-corrected chi connectivity index (χ1v) is 8.59. The molecule has 0 saturated carbocycles. The number of anilines is 1. The zero-order chi connectivity index (χ0) is 16.7. The normalized spacial score (nSPS) is 18.1. The van der Waals surface area contributed by atoms with Crippen LogP contribution in [0.2, 0.25) is 0 Å². The molecule has 1 aromatic heterocycles. The summed E-state index contributed by atoms with van der Waals surface area (Å²) in [4.78, 5) is 25.4. The Labute approximate surface area is 142 Å². The number of amides is 2. The molecule has 2 amide bonds. The summed E-state index contributed by atoms with van der Waals surface area (Å²) in [6.45, 7) is 0.125. The standard InChI is InChI=1S/C17H16N2O4S/c18-15(20)14-9-4-3-7-13(9)24-17(14)19-16(21)12-8-22-10-5-1-2-6-11(10)23-12/h1-2,5-6,12H,3-4,7-8H2,(H2,18,20)(H,19,21). The van der Waals surface area contributed by atoms with E-state index in [0.29, 0.717) is 22.1 Å². The minimum atomic E-state index is -0.766. The summed E-state index contributed by atoms with van der Waals surface area (Å²) >= 11 is 1.43. The molecule has 2 aliphatic rings. The van der Waals surface area contributed by atoms with Crippen molar-refractivity contribution in [1.29, 1.82) is 0 Å². The molecule has 0 fully saturated rings. The quantitative estimate of drug-likeness (QED) is 0.892. The number of nitrogens with one attached hydrogen (secondary N) is 1. The Morgan fingerprint density at radius 2 is 2.00 bits per heavy atom. The van der Waals surface area contributed by atoms with Gasteiger partial charge in [0.25, 0.3) is 11.8 Å². The summed E-state index contributed by atoms with van der Waals surface area (Å²) in [5.41, 5.74) is 6.93. The summed E-state index contributed by atoms with van der Waals surface area (Å²) in [6, 6.07) is 7.20. The number of aryl methyl sites for hydroxylation is 1. The highest BCUT2D eigenvalue weighted by Crippen LogP contribution is 2.39. The summed E-state index contributed by atoms with van der Waals surface area (Å²) in [5.74, 6) is 0.310. The molecule has 1 aromatic carbocycles. The number of carbonyl (C=O) groups is 2. The summed E-state index contributed by atoms with van der Waals surface area (Å²) in [5, 5.41) is 3.31. The van der Waals surface area contributed by atoms with Crippen molar-refractivity contribution in [3.05, 3.63) is 40.3 Å². The molecule has 24 heavy (non-hydrogen) atoms. The number of primary amides is 1. The Morgan fingerprint density at radius 1 is 1.21 bits per heavy atom. The molecular weight excluding hydrogens is 328 g/mol. The molecule has 124 valence electrons. The van der Waals surface area contributed by atoms with Crippen molar-refractivity contribution in [2.75, 3.05) is 11.9 Å². The highest BCUT2D eigenvalue weighted by molar-refractivity contribution is 7.17. The maximum absolute atomic E-state index is 12.5. The molecule has 1 unspecified atom stereocenters. The lowest BCUT2D eigenvalue weighted by atomic mass is 10.1. The van der Waals surface area contributed by atoms with E-state index >= 15 is 0 Å². The van der Waals surface area contributed by atoms with Crippen LogP contribution in [0.4, 0.5) is 5.00 Å². The van der Waals surface area contributed by atoms with Crippen LogP contribution in [-0.2, 0) is 17.6 Å². The van der Waals surface area contributed by atoms with Gasteiger partial charge in [-0.25, -0.2) is 0 Å². The number of carbonyl (C=O) groups excluding carboxylic acids is 2. The van der Waals surface area contributed by atoms with Crippen LogP contribution in [0.25, 0.3) is 0 Å². The molecule has 0 spiro atoms. The van der Waals surface area contributed by atoms with Gasteiger partial charge in [-0.05, 0) is 37.0 Å². The highest BCUT2D eigenvalue weighted by atomic mass is 32.1. The average Bonchev–Trinajstić information content (AvgIpc) is 3.14. The fraction of sp³-hybridized carbons (Fsp3) is 0.294. The lowest BCUT2D eigenvalue weighted by Crippen LogP contribution is -2.40. The van der Waals surface area contributed by atoms with Crippen molar-refractivity contribution in [1.82, 2.24) is 0 Å². The molecule has 2 aromatic rings. The number of rotatable bonds is 3. The van der Waals surface area contributed by atoms with E-state index in [1.165, 1.54) is 11.3 Å². The van der Waals surface area contributed by atoms with Crippen LogP contribution >= 0.6 is 11.3 Å². The van der Waals surface area contributed by atoms with Crippen LogP contribution in [0.5, 0.6) is 11.5 Å². The Bertz CT molecular complexity index is 830.